The van der Waals surface area contributed by atoms with Crippen LogP contribution < -0.4 is 10.3 Å². The van der Waals surface area contributed by atoms with Gasteiger partial charge in [-0.05, 0) is 18.2 Å². The highest BCUT2D eigenvalue weighted by molar-refractivity contribution is 6.31. The molecule has 2 aromatic rings. The first-order valence-corrected chi connectivity index (χ1v) is 8.22. The summed E-state index contributed by atoms with van der Waals surface area (Å²) in [5, 5.41) is 2.74. The molecule has 0 bridgehead atoms. The molecular weight excluding hydrogens is 357 g/mol. The highest BCUT2D eigenvalue weighted by Gasteiger charge is 2.38. The van der Waals surface area contributed by atoms with Gasteiger partial charge >= 0.3 is 0 Å². The molecule has 1 atom stereocenters. The summed E-state index contributed by atoms with van der Waals surface area (Å²) in [5.41, 5.74) is 7.43. The molecule has 5 nitrogen and oxygen atoms in total. The van der Waals surface area contributed by atoms with Crippen molar-refractivity contribution in [1.82, 2.24) is 10.4 Å². The molecule has 25 heavy (non-hydrogen) atoms. The van der Waals surface area contributed by atoms with Gasteiger partial charge in [0.1, 0.15) is 6.17 Å². The van der Waals surface area contributed by atoms with Gasteiger partial charge in [-0.25, -0.2) is 0 Å². The highest BCUT2D eigenvalue weighted by Crippen LogP contribution is 2.33. The molecule has 0 radical (unpaired) electrons. The maximum absolute atomic E-state index is 6.29. The monoisotopic (exact) mass is 375 g/mol. The quantitative estimate of drug-likeness (QED) is 0.832. The lowest BCUT2D eigenvalue weighted by Crippen LogP contribution is -2.40. The van der Waals surface area contributed by atoms with Crippen LogP contribution in [0.15, 0.2) is 58.5 Å². The van der Waals surface area contributed by atoms with E-state index in [1.165, 1.54) is 0 Å². The standard InChI is InChI=1S/C18H18ClN5.ClH/c1-20-18-22-23(2)16-11-21-17(12-6-4-3-5-7-12)14-10-13(19)8-9-15(14)24(16)18;/h3-10,16H,11H2,1-2H3,(H,20,22);1H. The number of halogens is 2. The molecule has 0 saturated carbocycles. The van der Waals surface area contributed by atoms with E-state index >= 15 is 0 Å². The average molecular weight is 376 g/mol. The number of fused-ring (bicyclic) bond motifs is 3. The Balaban J connectivity index is 0.00000182. The topological polar surface area (TPSA) is 43.2 Å². The number of hydrogen-bond acceptors (Lipinski definition) is 3. The molecule has 1 fully saturated rings. The van der Waals surface area contributed by atoms with E-state index in [4.69, 9.17) is 16.6 Å². The lowest BCUT2D eigenvalue weighted by Gasteiger charge is -2.25. The number of guanidine groups is 1. The first kappa shape index (κ1) is 17.7. The Morgan fingerprint density at radius 3 is 2.68 bits per heavy atom. The van der Waals surface area contributed by atoms with E-state index < -0.39 is 0 Å². The van der Waals surface area contributed by atoms with Gasteiger partial charge < -0.3 is 0 Å². The van der Waals surface area contributed by atoms with Crippen LogP contribution in [0, 0.1) is 0 Å². The van der Waals surface area contributed by atoms with E-state index in [9.17, 15) is 0 Å². The molecule has 1 N–H and O–H groups in total. The normalized spacial score (nSPS) is 20.9. The number of hydrazine groups is 1. The number of nitrogens with one attached hydrogen (secondary N) is 1. The minimum absolute atomic E-state index is 0. The summed E-state index contributed by atoms with van der Waals surface area (Å²) in [6.45, 7) is 0.638. The summed E-state index contributed by atoms with van der Waals surface area (Å²) in [4.78, 5) is 11.5. The summed E-state index contributed by atoms with van der Waals surface area (Å²) >= 11 is 6.29. The molecule has 130 valence electrons. The molecule has 0 spiro atoms. The molecule has 2 aromatic carbocycles. The number of nitrogens with zero attached hydrogens (tertiary/aromatic N) is 4. The molecule has 0 aromatic heterocycles. The fraction of sp³-hybridized carbons (Fsp3) is 0.222. The number of likely N-dealkylation sites (N-methyl/N-ethyl adjacent to an activating group) is 1. The van der Waals surface area contributed by atoms with Crippen molar-refractivity contribution in [1.29, 1.82) is 0 Å². The van der Waals surface area contributed by atoms with Crippen molar-refractivity contribution in [2.45, 2.75) is 6.17 Å². The van der Waals surface area contributed by atoms with Gasteiger partial charge in [-0.2, -0.15) is 5.01 Å². The Hall–Kier alpha value is -2.08. The Morgan fingerprint density at radius 1 is 1.20 bits per heavy atom. The molecular formula is C18H19Cl2N5. The molecule has 4 rings (SSSR count). The van der Waals surface area contributed by atoms with Crippen LogP contribution in [0.4, 0.5) is 5.69 Å². The van der Waals surface area contributed by atoms with Crippen LogP contribution in [0.25, 0.3) is 0 Å². The van der Waals surface area contributed by atoms with Gasteiger partial charge in [-0.15, -0.1) is 12.4 Å². The van der Waals surface area contributed by atoms with Gasteiger partial charge in [0.05, 0.1) is 17.9 Å². The second-order valence-electron chi connectivity index (χ2n) is 5.84. The lowest BCUT2D eigenvalue weighted by molar-refractivity contribution is 0.254. The third-order valence-corrected chi connectivity index (χ3v) is 4.63. The van der Waals surface area contributed by atoms with Crippen molar-refractivity contribution >= 4 is 41.4 Å². The van der Waals surface area contributed by atoms with E-state index in [-0.39, 0.29) is 18.6 Å². The van der Waals surface area contributed by atoms with E-state index in [1.807, 2.05) is 48.5 Å². The van der Waals surface area contributed by atoms with Crippen molar-refractivity contribution in [3.05, 3.63) is 64.7 Å². The third kappa shape index (κ3) is 2.99. The number of hydrogen-bond donors (Lipinski definition) is 1. The first-order chi connectivity index (χ1) is 11.7. The van der Waals surface area contributed by atoms with E-state index in [2.05, 4.69) is 27.5 Å². The number of aliphatic imine (C=N–C) groups is 2. The summed E-state index contributed by atoms with van der Waals surface area (Å²) in [5.74, 6) is 0.815. The van der Waals surface area contributed by atoms with E-state index in [0.29, 0.717) is 11.6 Å². The second kappa shape index (κ2) is 7.04. The van der Waals surface area contributed by atoms with Crippen LogP contribution >= 0.6 is 24.0 Å². The smallest absolute Gasteiger partial charge is 0.214 e. The summed E-state index contributed by atoms with van der Waals surface area (Å²) < 4.78 is 0. The maximum Gasteiger partial charge on any atom is 0.214 e. The van der Waals surface area contributed by atoms with Crippen LogP contribution in [0.1, 0.15) is 11.1 Å². The van der Waals surface area contributed by atoms with Crippen molar-refractivity contribution < 1.29 is 0 Å². The van der Waals surface area contributed by atoms with E-state index in [0.717, 1.165) is 28.5 Å². The fourth-order valence-corrected chi connectivity index (χ4v) is 3.42. The van der Waals surface area contributed by atoms with Gasteiger partial charge in [0.25, 0.3) is 0 Å². The van der Waals surface area contributed by atoms with E-state index in [1.54, 1.807) is 7.05 Å². The van der Waals surface area contributed by atoms with Gasteiger partial charge in [0.15, 0.2) is 0 Å². The largest absolute Gasteiger partial charge is 0.291 e. The van der Waals surface area contributed by atoms with Crippen molar-refractivity contribution in [3.63, 3.8) is 0 Å². The summed E-state index contributed by atoms with van der Waals surface area (Å²) in [6.07, 6.45) is 0.0739. The SMILES string of the molecule is CN=C1NN(C)C2CN=C(c3ccccc3)c3cc(Cl)ccc3N12.Cl. The number of rotatable bonds is 1. The van der Waals surface area contributed by atoms with Crippen LogP contribution in [0.2, 0.25) is 5.02 Å². The molecule has 2 aliphatic rings. The predicted octanol–water partition coefficient (Wildman–Crippen LogP) is 3.18. The van der Waals surface area contributed by atoms with Gasteiger partial charge in [0, 0.05) is 30.2 Å². The van der Waals surface area contributed by atoms with Crippen molar-refractivity contribution in [2.75, 3.05) is 25.5 Å². The Morgan fingerprint density at radius 2 is 1.96 bits per heavy atom. The average Bonchev–Trinajstić information content (AvgIpc) is 2.82. The predicted molar refractivity (Wildman–Crippen MR) is 106 cm³/mol. The van der Waals surface area contributed by atoms with Crippen LogP contribution in [0.5, 0.6) is 0 Å². The van der Waals surface area contributed by atoms with Crippen LogP contribution in [0.3, 0.4) is 0 Å². The highest BCUT2D eigenvalue weighted by atomic mass is 35.5. The Kier molecular flexibility index (Phi) is 4.99. The fourth-order valence-electron chi connectivity index (χ4n) is 3.25. The van der Waals surface area contributed by atoms with Gasteiger partial charge in [-0.1, -0.05) is 41.9 Å². The van der Waals surface area contributed by atoms with Gasteiger partial charge in [-0.3, -0.25) is 20.3 Å². The van der Waals surface area contributed by atoms with Gasteiger partial charge in [0.2, 0.25) is 5.96 Å². The number of benzene rings is 2. The number of anilines is 1. The van der Waals surface area contributed by atoms with Crippen molar-refractivity contribution in [3.8, 4) is 0 Å². The zero-order valence-electron chi connectivity index (χ0n) is 14.0. The molecule has 1 saturated heterocycles. The Labute approximate surface area is 158 Å². The Bertz CT molecular complexity index is 835. The molecule has 7 heteroatoms. The van der Waals surface area contributed by atoms with Crippen LogP contribution in [-0.2, 0) is 0 Å². The molecule has 2 heterocycles. The molecule has 0 amide bonds. The zero-order valence-corrected chi connectivity index (χ0v) is 15.6. The third-order valence-electron chi connectivity index (χ3n) is 4.39. The molecule has 2 aliphatic heterocycles. The lowest BCUT2D eigenvalue weighted by atomic mass is 10.0. The molecule has 1 unspecified atom stereocenters. The minimum Gasteiger partial charge on any atom is -0.291 e. The first-order valence-electron chi connectivity index (χ1n) is 7.84. The summed E-state index contributed by atoms with van der Waals surface area (Å²) in [7, 11) is 3.80. The zero-order chi connectivity index (χ0) is 16.7. The minimum atomic E-state index is 0. The molecule has 0 aliphatic carbocycles. The van der Waals surface area contributed by atoms with Crippen LogP contribution in [-0.4, -0.2) is 43.5 Å². The van der Waals surface area contributed by atoms with Crippen molar-refractivity contribution in [2.24, 2.45) is 9.98 Å². The summed E-state index contributed by atoms with van der Waals surface area (Å²) in [6, 6.07) is 16.2. The maximum atomic E-state index is 6.29. The second-order valence-corrected chi connectivity index (χ2v) is 6.27.